The zero-order chi connectivity index (χ0) is 12.4. The molecule has 0 aliphatic carbocycles. The van der Waals surface area contributed by atoms with Gasteiger partial charge in [-0.25, -0.2) is 17.6 Å². The first-order valence-electron chi connectivity index (χ1n) is 4.64. The van der Waals surface area contributed by atoms with E-state index in [1.165, 1.54) is 0 Å². The van der Waals surface area contributed by atoms with E-state index < -0.39 is 34.8 Å². The molecule has 0 saturated heterocycles. The first-order chi connectivity index (χ1) is 8.06. The maximum atomic E-state index is 13.2. The topological polar surface area (TPSA) is 9.23 Å². The molecule has 88 valence electrons. The van der Waals surface area contributed by atoms with E-state index in [4.69, 9.17) is 4.74 Å². The van der Waals surface area contributed by atoms with Gasteiger partial charge in [-0.05, 0) is 24.3 Å². The minimum atomic E-state index is -0.866. The van der Waals surface area contributed by atoms with Gasteiger partial charge in [0.05, 0.1) is 0 Å². The van der Waals surface area contributed by atoms with Crippen LogP contribution in [0.1, 0.15) is 0 Å². The molecule has 0 aliphatic rings. The lowest BCUT2D eigenvalue weighted by molar-refractivity contribution is 0.407. The highest BCUT2D eigenvalue weighted by molar-refractivity contribution is 5.33. The molecule has 2 rings (SSSR count). The van der Waals surface area contributed by atoms with E-state index in [1.54, 1.807) is 0 Å². The van der Waals surface area contributed by atoms with Gasteiger partial charge in [0, 0.05) is 12.1 Å². The van der Waals surface area contributed by atoms with Gasteiger partial charge in [0.15, 0.2) is 23.1 Å². The monoisotopic (exact) mass is 242 g/mol. The molecule has 0 bridgehead atoms. The van der Waals surface area contributed by atoms with Gasteiger partial charge in [-0.1, -0.05) is 0 Å². The summed E-state index contributed by atoms with van der Waals surface area (Å²) in [7, 11) is 0. The Labute approximate surface area is 94.3 Å². The van der Waals surface area contributed by atoms with Gasteiger partial charge in [-0.15, -0.1) is 0 Å². The highest BCUT2D eigenvalue weighted by Crippen LogP contribution is 2.27. The van der Waals surface area contributed by atoms with Crippen LogP contribution in [0, 0.1) is 23.3 Å². The SMILES string of the molecule is Fc1ccc(F)c(Oc2cc(F)ccc2F)c1. The maximum Gasteiger partial charge on any atom is 0.166 e. The molecule has 0 heterocycles. The van der Waals surface area contributed by atoms with Gasteiger partial charge >= 0.3 is 0 Å². The Bertz CT molecular complexity index is 505. The van der Waals surface area contributed by atoms with Gasteiger partial charge in [-0.3, -0.25) is 0 Å². The molecule has 17 heavy (non-hydrogen) atoms. The summed E-state index contributed by atoms with van der Waals surface area (Å²) in [5, 5.41) is 0. The van der Waals surface area contributed by atoms with Crippen LogP contribution < -0.4 is 4.74 Å². The highest BCUT2D eigenvalue weighted by Gasteiger charge is 2.10. The van der Waals surface area contributed by atoms with Crippen molar-refractivity contribution in [2.45, 2.75) is 0 Å². The van der Waals surface area contributed by atoms with Crippen molar-refractivity contribution >= 4 is 0 Å². The number of rotatable bonds is 2. The summed E-state index contributed by atoms with van der Waals surface area (Å²) in [6.45, 7) is 0. The number of hydrogen-bond donors (Lipinski definition) is 0. The second kappa shape index (κ2) is 4.45. The largest absolute Gasteiger partial charge is 0.451 e. The lowest BCUT2D eigenvalue weighted by Crippen LogP contribution is -1.93. The van der Waals surface area contributed by atoms with Gasteiger partial charge in [0.25, 0.3) is 0 Å². The summed E-state index contributed by atoms with van der Waals surface area (Å²) in [6.07, 6.45) is 0. The molecular formula is C12H6F4O. The minimum absolute atomic E-state index is 0.505. The summed E-state index contributed by atoms with van der Waals surface area (Å²) in [4.78, 5) is 0. The van der Waals surface area contributed by atoms with Crippen LogP contribution in [0.25, 0.3) is 0 Å². The summed E-state index contributed by atoms with van der Waals surface area (Å²) in [5.74, 6) is -4.22. The first kappa shape index (κ1) is 11.4. The molecule has 0 aliphatic heterocycles. The van der Waals surface area contributed by atoms with Crippen LogP contribution in [-0.2, 0) is 0 Å². The van der Waals surface area contributed by atoms with Gasteiger partial charge in [0.1, 0.15) is 11.6 Å². The van der Waals surface area contributed by atoms with E-state index in [-0.39, 0.29) is 0 Å². The number of halogens is 4. The number of benzene rings is 2. The predicted molar refractivity (Wildman–Crippen MR) is 52.8 cm³/mol. The highest BCUT2D eigenvalue weighted by atomic mass is 19.1. The summed E-state index contributed by atoms with van der Waals surface area (Å²) in [6, 6.07) is 4.96. The molecule has 0 N–H and O–H groups in total. The zero-order valence-corrected chi connectivity index (χ0v) is 8.38. The Balaban J connectivity index is 2.37. The third kappa shape index (κ3) is 2.55. The summed E-state index contributed by atoms with van der Waals surface area (Å²) in [5.41, 5.74) is 0. The Hall–Kier alpha value is -2.04. The molecule has 0 unspecified atom stereocenters. The third-order valence-corrected chi connectivity index (χ3v) is 2.01. The number of ether oxygens (including phenoxy) is 1. The Kier molecular flexibility index (Phi) is 2.99. The van der Waals surface area contributed by atoms with E-state index in [0.717, 1.165) is 36.4 Å². The minimum Gasteiger partial charge on any atom is -0.451 e. The zero-order valence-electron chi connectivity index (χ0n) is 8.38. The van der Waals surface area contributed by atoms with Crippen molar-refractivity contribution in [1.82, 2.24) is 0 Å². The normalized spacial score (nSPS) is 10.4. The van der Waals surface area contributed by atoms with Crippen LogP contribution in [0.5, 0.6) is 11.5 Å². The molecule has 5 heteroatoms. The lowest BCUT2D eigenvalue weighted by Gasteiger charge is -2.07. The molecule has 0 spiro atoms. The Morgan fingerprint density at radius 1 is 0.647 bits per heavy atom. The first-order valence-corrected chi connectivity index (χ1v) is 4.64. The standard InChI is InChI=1S/C12H6F4O/c13-7-1-3-9(15)11(5-7)17-12-6-8(14)2-4-10(12)16/h1-6H. The van der Waals surface area contributed by atoms with E-state index in [2.05, 4.69) is 0 Å². The smallest absolute Gasteiger partial charge is 0.166 e. The average molecular weight is 242 g/mol. The van der Waals surface area contributed by atoms with Gasteiger partial charge in [-0.2, -0.15) is 0 Å². The molecule has 0 radical (unpaired) electrons. The fraction of sp³-hybridized carbons (Fsp3) is 0. The molecule has 0 aromatic heterocycles. The molecule has 0 amide bonds. The van der Waals surface area contributed by atoms with Gasteiger partial charge in [0.2, 0.25) is 0 Å². The molecule has 0 atom stereocenters. The van der Waals surface area contributed by atoms with Crippen molar-refractivity contribution in [2.24, 2.45) is 0 Å². The molecule has 2 aromatic rings. The lowest BCUT2D eigenvalue weighted by atomic mass is 10.3. The van der Waals surface area contributed by atoms with Crippen LogP contribution in [0.15, 0.2) is 36.4 Å². The van der Waals surface area contributed by atoms with Crippen molar-refractivity contribution in [2.75, 3.05) is 0 Å². The van der Waals surface area contributed by atoms with Gasteiger partial charge < -0.3 is 4.74 Å². The van der Waals surface area contributed by atoms with Crippen LogP contribution in [-0.4, -0.2) is 0 Å². The van der Waals surface area contributed by atoms with Crippen molar-refractivity contribution in [3.05, 3.63) is 59.7 Å². The molecule has 0 saturated carbocycles. The summed E-state index contributed by atoms with van der Waals surface area (Å²) < 4.78 is 56.8. The van der Waals surface area contributed by atoms with Crippen molar-refractivity contribution < 1.29 is 22.3 Å². The fourth-order valence-electron chi connectivity index (χ4n) is 1.23. The van der Waals surface area contributed by atoms with Crippen LogP contribution in [0.4, 0.5) is 17.6 Å². The van der Waals surface area contributed by atoms with E-state index in [1.807, 2.05) is 0 Å². The second-order valence-corrected chi connectivity index (χ2v) is 3.25. The van der Waals surface area contributed by atoms with E-state index in [0.29, 0.717) is 0 Å². The maximum absolute atomic E-state index is 13.2. The summed E-state index contributed by atoms with van der Waals surface area (Å²) >= 11 is 0. The van der Waals surface area contributed by atoms with Crippen LogP contribution in [0.2, 0.25) is 0 Å². The molecule has 0 fully saturated rings. The van der Waals surface area contributed by atoms with E-state index >= 15 is 0 Å². The Morgan fingerprint density at radius 2 is 1.06 bits per heavy atom. The Morgan fingerprint density at radius 3 is 1.47 bits per heavy atom. The van der Waals surface area contributed by atoms with Crippen molar-refractivity contribution in [1.29, 1.82) is 0 Å². The molecule has 2 aromatic carbocycles. The molecular weight excluding hydrogens is 236 g/mol. The second-order valence-electron chi connectivity index (χ2n) is 3.25. The molecule has 1 nitrogen and oxygen atoms in total. The van der Waals surface area contributed by atoms with Crippen molar-refractivity contribution in [3.63, 3.8) is 0 Å². The fourth-order valence-corrected chi connectivity index (χ4v) is 1.23. The predicted octanol–water partition coefficient (Wildman–Crippen LogP) is 4.04. The quantitative estimate of drug-likeness (QED) is 0.722. The van der Waals surface area contributed by atoms with Crippen LogP contribution in [0.3, 0.4) is 0 Å². The van der Waals surface area contributed by atoms with Crippen molar-refractivity contribution in [3.8, 4) is 11.5 Å². The van der Waals surface area contributed by atoms with Crippen LogP contribution >= 0.6 is 0 Å². The van der Waals surface area contributed by atoms with E-state index in [9.17, 15) is 17.6 Å². The number of hydrogen-bond acceptors (Lipinski definition) is 1. The third-order valence-electron chi connectivity index (χ3n) is 2.01. The average Bonchev–Trinajstić information content (AvgIpc) is 2.28.